The SMILES string of the molecule is CCNC(=NCc1ccccc1OCC1CC1)NCc1ccccc1CN(C)C. The van der Waals surface area contributed by atoms with E-state index in [1.807, 2.05) is 18.2 Å². The minimum atomic E-state index is 0.593. The Balaban J connectivity index is 1.63. The summed E-state index contributed by atoms with van der Waals surface area (Å²) < 4.78 is 6.02. The third-order valence-corrected chi connectivity index (χ3v) is 4.95. The van der Waals surface area contributed by atoms with Crippen LogP contribution in [-0.2, 0) is 19.6 Å². The fraction of sp³-hybridized carbons (Fsp3) is 0.458. The van der Waals surface area contributed by atoms with Gasteiger partial charge in [-0.25, -0.2) is 4.99 Å². The summed E-state index contributed by atoms with van der Waals surface area (Å²) in [5.41, 5.74) is 3.75. The Hall–Kier alpha value is -2.53. The van der Waals surface area contributed by atoms with Crippen LogP contribution in [0.3, 0.4) is 0 Å². The van der Waals surface area contributed by atoms with Gasteiger partial charge in [0.2, 0.25) is 0 Å². The average molecular weight is 395 g/mol. The number of nitrogens with one attached hydrogen (secondary N) is 2. The van der Waals surface area contributed by atoms with Crippen molar-refractivity contribution >= 4 is 5.96 Å². The van der Waals surface area contributed by atoms with E-state index < -0.39 is 0 Å². The van der Waals surface area contributed by atoms with Crippen LogP contribution in [-0.4, -0.2) is 38.1 Å². The number of guanidine groups is 1. The molecule has 2 aromatic rings. The molecular weight excluding hydrogens is 360 g/mol. The second-order valence-corrected chi connectivity index (χ2v) is 7.92. The van der Waals surface area contributed by atoms with Crippen molar-refractivity contribution in [1.29, 1.82) is 0 Å². The fourth-order valence-electron chi connectivity index (χ4n) is 3.18. The first kappa shape index (κ1) is 21.2. The molecular formula is C24H34N4O. The van der Waals surface area contributed by atoms with Gasteiger partial charge in [0.1, 0.15) is 5.75 Å². The lowest BCUT2D eigenvalue weighted by Crippen LogP contribution is -2.37. The van der Waals surface area contributed by atoms with E-state index in [1.54, 1.807) is 0 Å². The maximum Gasteiger partial charge on any atom is 0.191 e. The summed E-state index contributed by atoms with van der Waals surface area (Å²) in [4.78, 5) is 6.99. The summed E-state index contributed by atoms with van der Waals surface area (Å²) in [7, 11) is 4.19. The molecule has 1 aliphatic rings. The lowest BCUT2D eigenvalue weighted by molar-refractivity contribution is 0.297. The molecule has 1 fully saturated rings. The molecule has 0 aromatic heterocycles. The first-order chi connectivity index (χ1) is 14.2. The van der Waals surface area contributed by atoms with Gasteiger partial charge >= 0.3 is 0 Å². The minimum absolute atomic E-state index is 0.593. The van der Waals surface area contributed by atoms with Gasteiger partial charge in [0.15, 0.2) is 5.96 Å². The Labute approximate surface area is 175 Å². The zero-order chi connectivity index (χ0) is 20.5. The molecule has 29 heavy (non-hydrogen) atoms. The van der Waals surface area contributed by atoms with Crippen molar-refractivity contribution in [1.82, 2.24) is 15.5 Å². The first-order valence-electron chi connectivity index (χ1n) is 10.6. The molecule has 5 heteroatoms. The zero-order valence-corrected chi connectivity index (χ0v) is 17.9. The predicted molar refractivity (Wildman–Crippen MR) is 120 cm³/mol. The largest absolute Gasteiger partial charge is 0.493 e. The number of hydrogen-bond donors (Lipinski definition) is 2. The van der Waals surface area contributed by atoms with Crippen molar-refractivity contribution in [3.05, 3.63) is 65.2 Å². The Morgan fingerprint density at radius 2 is 1.69 bits per heavy atom. The quantitative estimate of drug-likeness (QED) is 0.475. The van der Waals surface area contributed by atoms with Crippen molar-refractivity contribution in [3.63, 3.8) is 0 Å². The van der Waals surface area contributed by atoms with Crippen LogP contribution in [0, 0.1) is 5.92 Å². The van der Waals surface area contributed by atoms with Crippen molar-refractivity contribution in [2.24, 2.45) is 10.9 Å². The van der Waals surface area contributed by atoms with Gasteiger partial charge in [-0.1, -0.05) is 42.5 Å². The summed E-state index contributed by atoms with van der Waals surface area (Å²) in [6, 6.07) is 16.8. The molecule has 0 saturated heterocycles. The molecule has 0 radical (unpaired) electrons. The monoisotopic (exact) mass is 394 g/mol. The van der Waals surface area contributed by atoms with Gasteiger partial charge in [0.05, 0.1) is 13.2 Å². The van der Waals surface area contributed by atoms with Crippen molar-refractivity contribution < 1.29 is 4.74 Å². The van der Waals surface area contributed by atoms with E-state index in [0.717, 1.165) is 49.4 Å². The molecule has 156 valence electrons. The van der Waals surface area contributed by atoms with Crippen LogP contribution in [0.5, 0.6) is 5.75 Å². The van der Waals surface area contributed by atoms with Crippen molar-refractivity contribution in [2.75, 3.05) is 27.2 Å². The fourth-order valence-corrected chi connectivity index (χ4v) is 3.18. The number of nitrogens with zero attached hydrogens (tertiary/aromatic N) is 2. The Morgan fingerprint density at radius 3 is 2.38 bits per heavy atom. The number of hydrogen-bond acceptors (Lipinski definition) is 3. The second-order valence-electron chi connectivity index (χ2n) is 7.92. The highest BCUT2D eigenvalue weighted by atomic mass is 16.5. The van der Waals surface area contributed by atoms with Crippen LogP contribution >= 0.6 is 0 Å². The van der Waals surface area contributed by atoms with Crippen LogP contribution in [0.25, 0.3) is 0 Å². The van der Waals surface area contributed by atoms with Crippen LogP contribution in [0.1, 0.15) is 36.5 Å². The predicted octanol–water partition coefficient (Wildman–Crippen LogP) is 3.79. The van der Waals surface area contributed by atoms with Gasteiger partial charge < -0.3 is 20.3 Å². The molecule has 1 saturated carbocycles. The third-order valence-electron chi connectivity index (χ3n) is 4.95. The minimum Gasteiger partial charge on any atom is -0.493 e. The summed E-state index contributed by atoms with van der Waals surface area (Å²) in [6.07, 6.45) is 2.59. The zero-order valence-electron chi connectivity index (χ0n) is 17.9. The molecule has 0 bridgehead atoms. The van der Waals surface area contributed by atoms with E-state index in [1.165, 1.54) is 24.0 Å². The molecule has 0 spiro atoms. The van der Waals surface area contributed by atoms with Crippen LogP contribution in [0.2, 0.25) is 0 Å². The average Bonchev–Trinajstić information content (AvgIpc) is 3.54. The van der Waals surface area contributed by atoms with Gasteiger partial charge in [-0.2, -0.15) is 0 Å². The van der Waals surface area contributed by atoms with E-state index in [9.17, 15) is 0 Å². The van der Waals surface area contributed by atoms with Crippen LogP contribution < -0.4 is 15.4 Å². The first-order valence-corrected chi connectivity index (χ1v) is 10.6. The normalized spacial score (nSPS) is 14.1. The van der Waals surface area contributed by atoms with Gasteiger partial charge in [-0.3, -0.25) is 0 Å². The van der Waals surface area contributed by atoms with E-state index in [2.05, 4.69) is 66.9 Å². The lowest BCUT2D eigenvalue weighted by atomic mass is 10.1. The smallest absolute Gasteiger partial charge is 0.191 e. The van der Waals surface area contributed by atoms with Crippen molar-refractivity contribution in [2.45, 2.75) is 39.4 Å². The number of aliphatic imine (C=N–C) groups is 1. The summed E-state index contributed by atoms with van der Waals surface area (Å²) in [5, 5.41) is 6.83. The molecule has 3 rings (SSSR count). The molecule has 0 aliphatic heterocycles. The second kappa shape index (κ2) is 10.9. The number of para-hydroxylation sites is 1. The van der Waals surface area contributed by atoms with Gasteiger partial charge in [0.25, 0.3) is 0 Å². The molecule has 0 unspecified atom stereocenters. The number of benzene rings is 2. The topological polar surface area (TPSA) is 48.9 Å². The van der Waals surface area contributed by atoms with Crippen LogP contribution in [0.4, 0.5) is 0 Å². The third kappa shape index (κ3) is 7.09. The van der Waals surface area contributed by atoms with Crippen molar-refractivity contribution in [3.8, 4) is 5.75 Å². The van der Waals surface area contributed by atoms with Crippen LogP contribution in [0.15, 0.2) is 53.5 Å². The molecule has 2 aromatic carbocycles. The Morgan fingerprint density at radius 1 is 1.00 bits per heavy atom. The summed E-state index contributed by atoms with van der Waals surface area (Å²) in [6.45, 7) is 6.00. The highest BCUT2D eigenvalue weighted by Crippen LogP contribution is 2.30. The highest BCUT2D eigenvalue weighted by molar-refractivity contribution is 5.79. The van der Waals surface area contributed by atoms with Gasteiger partial charge in [0, 0.05) is 25.2 Å². The molecule has 1 aliphatic carbocycles. The molecule has 5 nitrogen and oxygen atoms in total. The molecule has 0 heterocycles. The number of rotatable bonds is 10. The maximum absolute atomic E-state index is 6.02. The summed E-state index contributed by atoms with van der Waals surface area (Å²) in [5.74, 6) is 2.52. The molecule has 2 N–H and O–H groups in total. The standard InChI is InChI=1S/C24H34N4O/c1-4-25-24(26-15-20-9-5-6-11-22(20)17-28(2)3)27-16-21-10-7-8-12-23(21)29-18-19-13-14-19/h5-12,19H,4,13-18H2,1-3H3,(H2,25,26,27). The van der Waals surface area contributed by atoms with E-state index in [-0.39, 0.29) is 0 Å². The Bertz CT molecular complexity index is 799. The van der Waals surface area contributed by atoms with E-state index in [0.29, 0.717) is 6.54 Å². The highest BCUT2D eigenvalue weighted by Gasteiger charge is 2.22. The lowest BCUT2D eigenvalue weighted by Gasteiger charge is -2.16. The molecule has 0 atom stereocenters. The summed E-state index contributed by atoms with van der Waals surface area (Å²) >= 11 is 0. The van der Waals surface area contributed by atoms with Gasteiger partial charge in [-0.05, 0) is 57.0 Å². The van der Waals surface area contributed by atoms with E-state index in [4.69, 9.17) is 9.73 Å². The van der Waals surface area contributed by atoms with E-state index >= 15 is 0 Å². The number of ether oxygens (including phenoxy) is 1. The Kier molecular flexibility index (Phi) is 7.94. The van der Waals surface area contributed by atoms with Gasteiger partial charge in [-0.15, -0.1) is 0 Å². The maximum atomic E-state index is 6.02. The molecule has 0 amide bonds.